The third-order valence-corrected chi connectivity index (χ3v) is 2.69. The Hall–Kier alpha value is -2.56. The topological polar surface area (TPSA) is 77.2 Å². The van der Waals surface area contributed by atoms with Gasteiger partial charge >= 0.3 is 6.09 Å². The summed E-state index contributed by atoms with van der Waals surface area (Å²) in [5.41, 5.74) is 7.38. The fourth-order valence-corrected chi connectivity index (χ4v) is 1.70. The van der Waals surface area contributed by atoms with E-state index in [-0.39, 0.29) is 6.61 Å². The Balaban J connectivity index is 1.68. The third kappa shape index (κ3) is 4.61. The van der Waals surface area contributed by atoms with Crippen molar-refractivity contribution in [3.05, 3.63) is 59.8 Å². The smallest absolute Gasteiger partial charge is 0.407 e. The molecule has 3 N–H and O–H groups in total. The van der Waals surface area contributed by atoms with Crippen molar-refractivity contribution in [2.24, 2.45) is 0 Å². The van der Waals surface area contributed by atoms with Crippen molar-refractivity contribution in [1.82, 2.24) is 10.3 Å². The summed E-state index contributed by atoms with van der Waals surface area (Å²) >= 11 is 0. The quantitative estimate of drug-likeness (QED) is 0.873. The molecule has 0 aliphatic rings. The van der Waals surface area contributed by atoms with Crippen LogP contribution in [0.15, 0.2) is 48.5 Å². The lowest BCUT2D eigenvalue weighted by atomic mass is 10.2. The zero-order chi connectivity index (χ0) is 14.2. The highest BCUT2D eigenvalue weighted by atomic mass is 16.5. The van der Waals surface area contributed by atoms with Crippen LogP contribution in [-0.2, 0) is 17.8 Å². The van der Waals surface area contributed by atoms with Gasteiger partial charge in [-0.2, -0.15) is 0 Å². The Labute approximate surface area is 117 Å². The lowest BCUT2D eigenvalue weighted by Crippen LogP contribution is -2.26. The second-order valence-electron chi connectivity index (χ2n) is 4.29. The monoisotopic (exact) mass is 271 g/mol. The average molecular weight is 271 g/mol. The Kier molecular flexibility index (Phi) is 4.94. The molecule has 0 radical (unpaired) electrons. The van der Waals surface area contributed by atoms with Crippen molar-refractivity contribution in [2.45, 2.75) is 13.0 Å². The van der Waals surface area contributed by atoms with Crippen LogP contribution in [-0.4, -0.2) is 17.6 Å². The predicted octanol–water partition coefficient (Wildman–Crippen LogP) is 2.13. The number of nitrogen functional groups attached to an aromatic ring is 1. The van der Waals surface area contributed by atoms with Crippen molar-refractivity contribution in [1.29, 1.82) is 0 Å². The first-order valence-electron chi connectivity index (χ1n) is 6.40. The first-order chi connectivity index (χ1) is 9.74. The second kappa shape index (κ2) is 7.13. The van der Waals surface area contributed by atoms with E-state index in [0.29, 0.717) is 18.8 Å². The number of hydrogen-bond acceptors (Lipinski definition) is 4. The fourth-order valence-electron chi connectivity index (χ4n) is 1.70. The molecule has 0 bridgehead atoms. The van der Waals surface area contributed by atoms with Gasteiger partial charge < -0.3 is 15.8 Å². The van der Waals surface area contributed by atoms with E-state index in [1.54, 1.807) is 6.07 Å². The van der Waals surface area contributed by atoms with Crippen molar-refractivity contribution in [2.75, 3.05) is 12.3 Å². The van der Waals surface area contributed by atoms with Crippen molar-refractivity contribution >= 4 is 11.9 Å². The van der Waals surface area contributed by atoms with Crippen LogP contribution in [0.3, 0.4) is 0 Å². The summed E-state index contributed by atoms with van der Waals surface area (Å²) in [6, 6.07) is 15.0. The number of aromatic nitrogens is 1. The number of carbonyl (C=O) groups is 1. The molecule has 2 rings (SSSR count). The molecule has 1 amide bonds. The summed E-state index contributed by atoms with van der Waals surface area (Å²) in [6.45, 7) is 0.729. The maximum Gasteiger partial charge on any atom is 0.407 e. The van der Waals surface area contributed by atoms with Gasteiger partial charge in [-0.05, 0) is 17.7 Å². The highest BCUT2D eigenvalue weighted by molar-refractivity contribution is 5.67. The molecule has 5 nitrogen and oxygen atoms in total. The minimum Gasteiger partial charge on any atom is -0.445 e. The third-order valence-electron chi connectivity index (χ3n) is 2.69. The molecule has 20 heavy (non-hydrogen) atoms. The van der Waals surface area contributed by atoms with Gasteiger partial charge in [-0.1, -0.05) is 36.4 Å². The van der Waals surface area contributed by atoms with E-state index in [0.717, 1.165) is 11.3 Å². The minimum absolute atomic E-state index is 0.267. The standard InChI is InChI=1S/C15H17N3O2/c16-14-8-4-7-13(18-14)9-10-17-15(19)20-11-12-5-2-1-3-6-12/h1-8H,9-11H2,(H2,16,18)(H,17,19). The lowest BCUT2D eigenvalue weighted by Gasteiger charge is -2.07. The van der Waals surface area contributed by atoms with E-state index in [9.17, 15) is 4.79 Å². The maximum atomic E-state index is 11.5. The molecule has 1 heterocycles. The first kappa shape index (κ1) is 13.9. The van der Waals surface area contributed by atoms with E-state index < -0.39 is 6.09 Å². The summed E-state index contributed by atoms with van der Waals surface area (Å²) in [6.07, 6.45) is 0.184. The molecule has 5 heteroatoms. The number of amides is 1. The number of nitrogens with two attached hydrogens (primary N) is 1. The van der Waals surface area contributed by atoms with Crippen LogP contribution in [0, 0.1) is 0 Å². The Morgan fingerprint density at radius 2 is 1.95 bits per heavy atom. The average Bonchev–Trinajstić information content (AvgIpc) is 2.46. The first-order valence-corrected chi connectivity index (χ1v) is 6.40. The lowest BCUT2D eigenvalue weighted by molar-refractivity contribution is 0.140. The minimum atomic E-state index is -0.433. The number of carbonyl (C=O) groups excluding carboxylic acids is 1. The van der Waals surface area contributed by atoms with E-state index >= 15 is 0 Å². The number of alkyl carbamates (subject to hydrolysis) is 1. The molecule has 0 atom stereocenters. The molecule has 0 unspecified atom stereocenters. The zero-order valence-electron chi connectivity index (χ0n) is 11.1. The molecule has 104 valence electrons. The molecule has 2 aromatic rings. The second-order valence-corrected chi connectivity index (χ2v) is 4.29. The number of anilines is 1. The van der Waals surface area contributed by atoms with Gasteiger partial charge in [0.05, 0.1) is 0 Å². The number of pyridine rings is 1. The molecule has 0 saturated heterocycles. The largest absolute Gasteiger partial charge is 0.445 e. The van der Waals surface area contributed by atoms with Crippen molar-refractivity contribution in [3.8, 4) is 0 Å². The predicted molar refractivity (Wildman–Crippen MR) is 77.0 cm³/mol. The van der Waals surface area contributed by atoms with E-state index in [2.05, 4.69) is 10.3 Å². The summed E-state index contributed by atoms with van der Waals surface area (Å²) in [5, 5.41) is 2.68. The van der Waals surface area contributed by atoms with Crippen LogP contribution in [0.25, 0.3) is 0 Å². The highest BCUT2D eigenvalue weighted by Gasteiger charge is 2.02. The molecule has 0 spiro atoms. The van der Waals surface area contributed by atoms with Gasteiger partial charge in [0.25, 0.3) is 0 Å². The van der Waals surface area contributed by atoms with Crippen LogP contribution >= 0.6 is 0 Å². The van der Waals surface area contributed by atoms with Crippen molar-refractivity contribution < 1.29 is 9.53 Å². The molecule has 1 aromatic heterocycles. The van der Waals surface area contributed by atoms with Gasteiger partial charge in [0.2, 0.25) is 0 Å². The zero-order valence-corrected chi connectivity index (χ0v) is 11.1. The van der Waals surface area contributed by atoms with E-state index in [1.165, 1.54) is 0 Å². The number of nitrogens with zero attached hydrogens (tertiary/aromatic N) is 1. The molecular weight excluding hydrogens is 254 g/mol. The number of hydrogen-bond donors (Lipinski definition) is 2. The van der Waals surface area contributed by atoms with Crippen molar-refractivity contribution in [3.63, 3.8) is 0 Å². The van der Waals surface area contributed by atoms with Gasteiger partial charge in [0.15, 0.2) is 0 Å². The van der Waals surface area contributed by atoms with Crippen LogP contribution in [0.4, 0.5) is 10.6 Å². The summed E-state index contributed by atoms with van der Waals surface area (Å²) in [5.74, 6) is 0.481. The van der Waals surface area contributed by atoms with Gasteiger partial charge in [-0.15, -0.1) is 0 Å². The Bertz CT molecular complexity index is 558. The molecule has 0 fully saturated rings. The van der Waals surface area contributed by atoms with Gasteiger partial charge in [-0.3, -0.25) is 0 Å². The number of nitrogens with one attached hydrogen (secondary N) is 1. The summed E-state index contributed by atoms with van der Waals surface area (Å²) < 4.78 is 5.09. The SMILES string of the molecule is Nc1cccc(CCNC(=O)OCc2ccccc2)n1. The van der Waals surface area contributed by atoms with Crippen LogP contribution in [0.2, 0.25) is 0 Å². The van der Waals surface area contributed by atoms with Gasteiger partial charge in [-0.25, -0.2) is 9.78 Å². The van der Waals surface area contributed by atoms with E-state index in [4.69, 9.17) is 10.5 Å². The number of ether oxygens (including phenoxy) is 1. The number of benzene rings is 1. The van der Waals surface area contributed by atoms with Gasteiger partial charge in [0, 0.05) is 18.7 Å². The molecule has 0 aliphatic heterocycles. The molecular formula is C15H17N3O2. The summed E-state index contributed by atoms with van der Waals surface area (Å²) in [7, 11) is 0. The molecule has 0 saturated carbocycles. The normalized spacial score (nSPS) is 10.0. The molecule has 1 aromatic carbocycles. The Morgan fingerprint density at radius 1 is 1.15 bits per heavy atom. The highest BCUT2D eigenvalue weighted by Crippen LogP contribution is 2.02. The summed E-state index contributed by atoms with van der Waals surface area (Å²) in [4.78, 5) is 15.6. The Morgan fingerprint density at radius 3 is 2.70 bits per heavy atom. The van der Waals surface area contributed by atoms with Gasteiger partial charge in [0.1, 0.15) is 12.4 Å². The number of rotatable bonds is 5. The van der Waals surface area contributed by atoms with Crippen LogP contribution in [0.1, 0.15) is 11.3 Å². The van der Waals surface area contributed by atoms with Crippen LogP contribution < -0.4 is 11.1 Å². The fraction of sp³-hybridized carbons (Fsp3) is 0.200. The molecule has 0 aliphatic carbocycles. The van der Waals surface area contributed by atoms with Crippen LogP contribution in [0.5, 0.6) is 0 Å². The van der Waals surface area contributed by atoms with E-state index in [1.807, 2.05) is 42.5 Å². The maximum absolute atomic E-state index is 11.5.